The summed E-state index contributed by atoms with van der Waals surface area (Å²) in [4.78, 5) is 25.3. The first-order chi connectivity index (χ1) is 10.5. The topological polar surface area (TPSA) is 61.4 Å². The molecular formula is C17H25N3O2. The molecule has 0 aliphatic carbocycles. The summed E-state index contributed by atoms with van der Waals surface area (Å²) in [6, 6.07) is 8.22. The van der Waals surface area contributed by atoms with Crippen LogP contribution in [-0.4, -0.2) is 42.4 Å². The lowest BCUT2D eigenvalue weighted by Gasteiger charge is -2.32. The van der Waals surface area contributed by atoms with E-state index in [2.05, 4.69) is 15.5 Å². The Morgan fingerprint density at radius 2 is 2.09 bits per heavy atom. The van der Waals surface area contributed by atoms with Gasteiger partial charge in [0.2, 0.25) is 11.8 Å². The van der Waals surface area contributed by atoms with Crippen molar-refractivity contribution < 1.29 is 9.59 Å². The molecule has 0 saturated carbocycles. The first-order valence-corrected chi connectivity index (χ1v) is 7.85. The minimum absolute atomic E-state index is 0.00384. The zero-order chi connectivity index (χ0) is 15.9. The molecule has 1 heterocycles. The summed E-state index contributed by atoms with van der Waals surface area (Å²) in [7, 11) is 0. The normalized spacial score (nSPS) is 18.7. The second-order valence-corrected chi connectivity index (χ2v) is 5.98. The van der Waals surface area contributed by atoms with Gasteiger partial charge in [-0.05, 0) is 37.4 Å². The van der Waals surface area contributed by atoms with Crippen molar-refractivity contribution in [2.24, 2.45) is 0 Å². The van der Waals surface area contributed by atoms with Crippen LogP contribution < -0.4 is 10.6 Å². The average molecular weight is 303 g/mol. The molecule has 1 aliphatic heterocycles. The van der Waals surface area contributed by atoms with Crippen LogP contribution in [0.2, 0.25) is 0 Å². The molecule has 1 saturated heterocycles. The molecule has 1 aromatic rings. The Morgan fingerprint density at radius 3 is 2.82 bits per heavy atom. The van der Waals surface area contributed by atoms with E-state index in [1.54, 1.807) is 0 Å². The van der Waals surface area contributed by atoms with Crippen molar-refractivity contribution in [2.75, 3.05) is 19.6 Å². The summed E-state index contributed by atoms with van der Waals surface area (Å²) in [6.07, 6.45) is 2.00. The maximum atomic E-state index is 12.1. The molecule has 120 valence electrons. The van der Waals surface area contributed by atoms with Crippen molar-refractivity contribution in [2.45, 2.75) is 39.3 Å². The quantitative estimate of drug-likeness (QED) is 0.859. The molecule has 2 rings (SSSR count). The Bertz CT molecular complexity index is 530. The zero-order valence-electron chi connectivity index (χ0n) is 13.4. The van der Waals surface area contributed by atoms with Gasteiger partial charge >= 0.3 is 0 Å². The largest absolute Gasteiger partial charge is 0.352 e. The molecule has 2 N–H and O–H groups in total. The number of carbonyl (C=O) groups excluding carboxylic acids is 2. The lowest BCUT2D eigenvalue weighted by molar-refractivity contribution is -0.122. The van der Waals surface area contributed by atoms with E-state index in [9.17, 15) is 9.59 Å². The molecule has 1 atom stereocenters. The van der Waals surface area contributed by atoms with Gasteiger partial charge in [-0.25, -0.2) is 0 Å². The van der Waals surface area contributed by atoms with Gasteiger partial charge in [-0.1, -0.05) is 24.3 Å². The van der Waals surface area contributed by atoms with Gasteiger partial charge in [0, 0.05) is 26.1 Å². The van der Waals surface area contributed by atoms with E-state index in [4.69, 9.17) is 0 Å². The van der Waals surface area contributed by atoms with Crippen LogP contribution in [0.5, 0.6) is 0 Å². The zero-order valence-corrected chi connectivity index (χ0v) is 13.4. The summed E-state index contributed by atoms with van der Waals surface area (Å²) in [5.41, 5.74) is 2.33. The number of amides is 2. The predicted octanol–water partition coefficient (Wildman–Crippen LogP) is 1.21. The monoisotopic (exact) mass is 303 g/mol. The Hall–Kier alpha value is -1.88. The Morgan fingerprint density at radius 1 is 1.32 bits per heavy atom. The maximum absolute atomic E-state index is 12.1. The van der Waals surface area contributed by atoms with E-state index in [0.29, 0.717) is 13.1 Å². The third-order valence-electron chi connectivity index (χ3n) is 4.02. The van der Waals surface area contributed by atoms with E-state index < -0.39 is 0 Å². The second kappa shape index (κ2) is 7.94. The molecule has 22 heavy (non-hydrogen) atoms. The van der Waals surface area contributed by atoms with Gasteiger partial charge in [-0.15, -0.1) is 0 Å². The van der Waals surface area contributed by atoms with Crippen molar-refractivity contribution in [3.8, 4) is 0 Å². The SMILES string of the molecule is CC(=O)NC1CCCN(CC(=O)NCc2ccccc2C)C1. The fraction of sp³-hybridized carbons (Fsp3) is 0.529. The van der Waals surface area contributed by atoms with E-state index in [1.807, 2.05) is 31.2 Å². The molecule has 2 amide bonds. The Kier molecular flexibility index (Phi) is 5.95. The lowest BCUT2D eigenvalue weighted by Crippen LogP contribution is -2.49. The summed E-state index contributed by atoms with van der Waals surface area (Å²) in [5, 5.41) is 5.91. The van der Waals surface area contributed by atoms with Crippen LogP contribution in [0.4, 0.5) is 0 Å². The smallest absolute Gasteiger partial charge is 0.234 e. The molecule has 0 spiro atoms. The van der Waals surface area contributed by atoms with Crippen molar-refractivity contribution in [3.05, 3.63) is 35.4 Å². The summed E-state index contributed by atoms with van der Waals surface area (Å²) in [6.45, 7) is 6.19. The van der Waals surface area contributed by atoms with Gasteiger partial charge in [0.15, 0.2) is 0 Å². The Labute approximate surface area is 132 Å². The number of hydrogen-bond acceptors (Lipinski definition) is 3. The van der Waals surface area contributed by atoms with Gasteiger partial charge in [0.25, 0.3) is 0 Å². The van der Waals surface area contributed by atoms with Crippen LogP contribution in [0, 0.1) is 6.92 Å². The third-order valence-corrected chi connectivity index (χ3v) is 4.02. The van der Waals surface area contributed by atoms with E-state index in [0.717, 1.165) is 31.5 Å². The van der Waals surface area contributed by atoms with Gasteiger partial charge in [0.1, 0.15) is 0 Å². The average Bonchev–Trinajstić information content (AvgIpc) is 2.46. The number of piperidine rings is 1. The molecule has 1 aromatic carbocycles. The lowest BCUT2D eigenvalue weighted by atomic mass is 10.1. The third kappa shape index (κ3) is 5.15. The standard InChI is InChI=1S/C17H25N3O2/c1-13-6-3-4-7-15(13)10-18-17(22)12-20-9-5-8-16(11-20)19-14(2)21/h3-4,6-7,16H,5,8-12H2,1-2H3,(H,18,22)(H,19,21). The molecule has 5 nitrogen and oxygen atoms in total. The molecular weight excluding hydrogens is 278 g/mol. The molecule has 1 fully saturated rings. The minimum Gasteiger partial charge on any atom is -0.352 e. The molecule has 5 heteroatoms. The van der Waals surface area contributed by atoms with Gasteiger partial charge in [-0.3, -0.25) is 14.5 Å². The maximum Gasteiger partial charge on any atom is 0.234 e. The van der Waals surface area contributed by atoms with Crippen LogP contribution in [0.15, 0.2) is 24.3 Å². The van der Waals surface area contributed by atoms with E-state index in [1.165, 1.54) is 12.5 Å². The summed E-state index contributed by atoms with van der Waals surface area (Å²) in [5.74, 6) is 0.0302. The fourth-order valence-corrected chi connectivity index (χ4v) is 2.87. The van der Waals surface area contributed by atoms with Gasteiger partial charge in [-0.2, -0.15) is 0 Å². The number of rotatable bonds is 5. The highest BCUT2D eigenvalue weighted by Gasteiger charge is 2.21. The number of hydrogen-bond donors (Lipinski definition) is 2. The molecule has 1 unspecified atom stereocenters. The van der Waals surface area contributed by atoms with E-state index >= 15 is 0 Å². The summed E-state index contributed by atoms with van der Waals surface area (Å²) >= 11 is 0. The van der Waals surface area contributed by atoms with E-state index in [-0.39, 0.29) is 17.9 Å². The molecule has 1 aliphatic rings. The number of carbonyl (C=O) groups is 2. The van der Waals surface area contributed by atoms with Crippen LogP contribution >= 0.6 is 0 Å². The second-order valence-electron chi connectivity index (χ2n) is 5.98. The van der Waals surface area contributed by atoms with Crippen molar-refractivity contribution >= 4 is 11.8 Å². The van der Waals surface area contributed by atoms with Crippen LogP contribution in [0.3, 0.4) is 0 Å². The Balaban J connectivity index is 1.77. The number of nitrogens with one attached hydrogen (secondary N) is 2. The highest BCUT2D eigenvalue weighted by molar-refractivity contribution is 5.78. The van der Waals surface area contributed by atoms with Crippen molar-refractivity contribution in [1.82, 2.24) is 15.5 Å². The molecule has 0 radical (unpaired) electrons. The number of benzene rings is 1. The highest BCUT2D eigenvalue weighted by Crippen LogP contribution is 2.10. The first-order valence-electron chi connectivity index (χ1n) is 7.85. The molecule has 0 aromatic heterocycles. The van der Waals surface area contributed by atoms with Crippen LogP contribution in [0.1, 0.15) is 30.9 Å². The predicted molar refractivity (Wildman–Crippen MR) is 86.3 cm³/mol. The van der Waals surface area contributed by atoms with Gasteiger partial charge < -0.3 is 10.6 Å². The fourth-order valence-electron chi connectivity index (χ4n) is 2.87. The first kappa shape index (κ1) is 16.5. The van der Waals surface area contributed by atoms with Crippen molar-refractivity contribution in [1.29, 1.82) is 0 Å². The minimum atomic E-state index is -0.00384. The summed E-state index contributed by atoms with van der Waals surface area (Å²) < 4.78 is 0. The van der Waals surface area contributed by atoms with Crippen LogP contribution in [-0.2, 0) is 16.1 Å². The number of likely N-dealkylation sites (tertiary alicyclic amines) is 1. The molecule has 0 bridgehead atoms. The van der Waals surface area contributed by atoms with Gasteiger partial charge in [0.05, 0.1) is 6.54 Å². The van der Waals surface area contributed by atoms with Crippen molar-refractivity contribution in [3.63, 3.8) is 0 Å². The number of nitrogens with zero attached hydrogens (tertiary/aromatic N) is 1. The van der Waals surface area contributed by atoms with Crippen LogP contribution in [0.25, 0.3) is 0 Å². The number of aryl methyl sites for hydroxylation is 1. The highest BCUT2D eigenvalue weighted by atomic mass is 16.2.